The number of carbonyl (C=O) groups excluding carboxylic acids is 2. The average Bonchev–Trinajstić information content (AvgIpc) is 2.97. The number of amides is 2. The van der Waals surface area contributed by atoms with Gasteiger partial charge in [0.2, 0.25) is 6.10 Å². The number of hydrogen-bond acceptors (Lipinski definition) is 4. The van der Waals surface area contributed by atoms with E-state index < -0.39 is 23.9 Å². The first kappa shape index (κ1) is 17.5. The van der Waals surface area contributed by atoms with Crippen LogP contribution in [0.25, 0.3) is 0 Å². The van der Waals surface area contributed by atoms with Crippen LogP contribution in [0.3, 0.4) is 0 Å². The molecule has 3 aromatic rings. The molecule has 1 aliphatic rings. The summed E-state index contributed by atoms with van der Waals surface area (Å²) in [5.41, 5.74) is 1.27. The van der Waals surface area contributed by atoms with Crippen LogP contribution in [0.5, 0.6) is 5.75 Å². The van der Waals surface area contributed by atoms with Crippen molar-refractivity contribution in [2.24, 2.45) is 0 Å². The minimum atomic E-state index is -1.28. The van der Waals surface area contributed by atoms with Gasteiger partial charge >= 0.3 is 5.97 Å². The lowest BCUT2D eigenvalue weighted by Gasteiger charge is -2.21. The monoisotopic (exact) mass is 373 g/mol. The lowest BCUT2D eigenvalue weighted by molar-refractivity contribution is -0.145. The molecule has 3 aromatic carbocycles. The molecule has 1 unspecified atom stereocenters. The van der Waals surface area contributed by atoms with E-state index in [0.717, 1.165) is 4.90 Å². The van der Waals surface area contributed by atoms with Crippen LogP contribution in [0.15, 0.2) is 78.9 Å². The van der Waals surface area contributed by atoms with E-state index in [2.05, 4.69) is 0 Å². The molecule has 4 rings (SSSR count). The number of fused-ring (bicyclic) bond motifs is 1. The molecule has 138 valence electrons. The molecule has 0 saturated heterocycles. The summed E-state index contributed by atoms with van der Waals surface area (Å²) < 4.78 is 5.76. The third-order valence-corrected chi connectivity index (χ3v) is 4.47. The molecule has 2 amide bonds. The fraction of sp³-hybridized carbons (Fsp3) is 0.0455. The normalized spacial score (nSPS) is 13.9. The summed E-state index contributed by atoms with van der Waals surface area (Å²) in [5.74, 6) is -1.98. The van der Waals surface area contributed by atoms with Crippen LogP contribution in [0.1, 0.15) is 32.4 Å². The second-order valence-electron chi connectivity index (χ2n) is 6.21. The lowest BCUT2D eigenvalue weighted by atomic mass is 10.1. The molecular formula is C22H15NO5. The second kappa shape index (κ2) is 7.00. The lowest BCUT2D eigenvalue weighted by Crippen LogP contribution is -2.30. The largest absolute Gasteiger partial charge is 0.478 e. The Labute approximate surface area is 160 Å². The van der Waals surface area contributed by atoms with Gasteiger partial charge in [-0.25, -0.2) is 9.69 Å². The predicted molar refractivity (Wildman–Crippen MR) is 101 cm³/mol. The second-order valence-corrected chi connectivity index (χ2v) is 6.21. The summed E-state index contributed by atoms with van der Waals surface area (Å²) in [7, 11) is 0. The predicted octanol–water partition coefficient (Wildman–Crippen LogP) is 3.69. The first-order valence-corrected chi connectivity index (χ1v) is 8.59. The van der Waals surface area contributed by atoms with Crippen molar-refractivity contribution >= 4 is 23.5 Å². The Morgan fingerprint density at radius 1 is 0.786 bits per heavy atom. The van der Waals surface area contributed by atoms with E-state index in [-0.39, 0.29) is 11.4 Å². The highest BCUT2D eigenvalue weighted by molar-refractivity contribution is 6.34. The Bertz CT molecular complexity index is 1040. The maximum Gasteiger partial charge on any atom is 0.349 e. The maximum atomic E-state index is 12.8. The first-order chi connectivity index (χ1) is 13.6. The molecule has 28 heavy (non-hydrogen) atoms. The molecule has 6 heteroatoms. The first-order valence-electron chi connectivity index (χ1n) is 8.59. The van der Waals surface area contributed by atoms with Crippen molar-refractivity contribution < 1.29 is 24.2 Å². The average molecular weight is 373 g/mol. The number of anilines is 1. The highest BCUT2D eigenvalue weighted by atomic mass is 16.5. The fourth-order valence-corrected chi connectivity index (χ4v) is 3.17. The summed E-state index contributed by atoms with van der Waals surface area (Å²) in [5, 5.41) is 9.62. The van der Waals surface area contributed by atoms with Gasteiger partial charge in [0.05, 0.1) is 16.8 Å². The zero-order valence-electron chi connectivity index (χ0n) is 14.6. The summed E-state index contributed by atoms with van der Waals surface area (Å²) in [6, 6.07) is 21.4. The number of imide groups is 1. The SMILES string of the molecule is O=C(O)C(Oc1ccccc1N1C(=O)c2ccccc2C1=O)c1ccccc1. The molecule has 1 atom stereocenters. The van der Waals surface area contributed by atoms with Gasteiger partial charge in [-0.05, 0) is 24.3 Å². The minimum absolute atomic E-state index is 0.133. The Hall–Kier alpha value is -3.93. The third-order valence-electron chi connectivity index (χ3n) is 4.47. The number of hydrogen-bond donors (Lipinski definition) is 1. The van der Waals surface area contributed by atoms with Crippen molar-refractivity contribution in [3.8, 4) is 5.75 Å². The zero-order chi connectivity index (χ0) is 19.7. The highest BCUT2D eigenvalue weighted by Crippen LogP contribution is 2.36. The van der Waals surface area contributed by atoms with Gasteiger partial charge < -0.3 is 9.84 Å². The van der Waals surface area contributed by atoms with Gasteiger partial charge in [-0.1, -0.05) is 54.6 Å². The van der Waals surface area contributed by atoms with Gasteiger partial charge in [0.1, 0.15) is 5.75 Å². The Kier molecular flexibility index (Phi) is 4.37. The number of benzene rings is 3. The van der Waals surface area contributed by atoms with E-state index in [4.69, 9.17) is 4.74 Å². The van der Waals surface area contributed by atoms with Crippen molar-refractivity contribution in [2.75, 3.05) is 4.90 Å². The standard InChI is InChI=1S/C22H15NO5/c24-20-15-10-4-5-11-16(15)21(25)23(20)17-12-6-7-13-18(17)28-19(22(26)27)14-8-2-1-3-9-14/h1-13,19H,(H,26,27). The summed E-state index contributed by atoms with van der Waals surface area (Å²) in [6.45, 7) is 0. The molecule has 1 heterocycles. The number of carboxylic acid groups (broad SMARTS) is 1. The minimum Gasteiger partial charge on any atom is -0.478 e. The molecule has 0 fully saturated rings. The number of ether oxygens (including phenoxy) is 1. The smallest absolute Gasteiger partial charge is 0.349 e. The van der Waals surface area contributed by atoms with Gasteiger partial charge in [-0.3, -0.25) is 9.59 Å². The van der Waals surface area contributed by atoms with Crippen molar-refractivity contribution in [3.63, 3.8) is 0 Å². The fourth-order valence-electron chi connectivity index (χ4n) is 3.17. The Morgan fingerprint density at radius 2 is 1.32 bits per heavy atom. The number of para-hydroxylation sites is 2. The summed E-state index contributed by atoms with van der Waals surface area (Å²) in [4.78, 5) is 38.4. The Morgan fingerprint density at radius 3 is 1.93 bits per heavy atom. The molecule has 1 N–H and O–H groups in total. The molecular weight excluding hydrogens is 358 g/mol. The molecule has 0 aliphatic carbocycles. The van der Waals surface area contributed by atoms with E-state index in [9.17, 15) is 19.5 Å². The quantitative estimate of drug-likeness (QED) is 0.690. The van der Waals surface area contributed by atoms with Gasteiger partial charge in [0.25, 0.3) is 11.8 Å². The van der Waals surface area contributed by atoms with Gasteiger partial charge in [0.15, 0.2) is 0 Å². The van der Waals surface area contributed by atoms with E-state index in [1.807, 2.05) is 0 Å². The maximum absolute atomic E-state index is 12.8. The van der Waals surface area contributed by atoms with E-state index in [1.54, 1.807) is 72.8 Å². The number of aliphatic carboxylic acids is 1. The highest BCUT2D eigenvalue weighted by Gasteiger charge is 2.38. The molecule has 1 aliphatic heterocycles. The number of carbonyl (C=O) groups is 3. The van der Waals surface area contributed by atoms with Gasteiger partial charge in [-0.15, -0.1) is 0 Å². The zero-order valence-corrected chi connectivity index (χ0v) is 14.6. The number of carboxylic acids is 1. The molecule has 0 spiro atoms. The van der Waals surface area contributed by atoms with E-state index in [0.29, 0.717) is 16.7 Å². The van der Waals surface area contributed by atoms with E-state index in [1.165, 1.54) is 6.07 Å². The van der Waals surface area contributed by atoms with Crippen LogP contribution in [-0.4, -0.2) is 22.9 Å². The van der Waals surface area contributed by atoms with Gasteiger partial charge in [0, 0.05) is 5.56 Å². The van der Waals surface area contributed by atoms with E-state index >= 15 is 0 Å². The summed E-state index contributed by atoms with van der Waals surface area (Å²) >= 11 is 0. The molecule has 0 radical (unpaired) electrons. The van der Waals surface area contributed by atoms with Crippen LogP contribution in [0.2, 0.25) is 0 Å². The summed E-state index contributed by atoms with van der Waals surface area (Å²) in [6.07, 6.45) is -1.28. The number of rotatable bonds is 5. The molecule has 6 nitrogen and oxygen atoms in total. The third kappa shape index (κ3) is 2.91. The van der Waals surface area contributed by atoms with Crippen LogP contribution >= 0.6 is 0 Å². The topological polar surface area (TPSA) is 83.9 Å². The van der Waals surface area contributed by atoms with Gasteiger partial charge in [-0.2, -0.15) is 0 Å². The Balaban J connectivity index is 1.73. The van der Waals surface area contributed by atoms with Crippen LogP contribution in [0, 0.1) is 0 Å². The number of nitrogens with zero attached hydrogens (tertiary/aromatic N) is 1. The molecule has 0 bridgehead atoms. The van der Waals surface area contributed by atoms with Crippen molar-refractivity contribution in [1.82, 2.24) is 0 Å². The van der Waals surface area contributed by atoms with Crippen LogP contribution < -0.4 is 9.64 Å². The van der Waals surface area contributed by atoms with Crippen molar-refractivity contribution in [1.29, 1.82) is 0 Å². The molecule has 0 aromatic heterocycles. The van der Waals surface area contributed by atoms with Crippen LogP contribution in [0.4, 0.5) is 5.69 Å². The van der Waals surface area contributed by atoms with Crippen molar-refractivity contribution in [2.45, 2.75) is 6.10 Å². The van der Waals surface area contributed by atoms with Crippen LogP contribution in [-0.2, 0) is 4.79 Å². The molecule has 0 saturated carbocycles. The van der Waals surface area contributed by atoms with Crippen molar-refractivity contribution in [3.05, 3.63) is 95.6 Å².